The predicted molar refractivity (Wildman–Crippen MR) is 105 cm³/mol. The van der Waals surface area contributed by atoms with Crippen molar-refractivity contribution < 1.29 is 0 Å². The van der Waals surface area contributed by atoms with Crippen molar-refractivity contribution in [3.05, 3.63) is 46.0 Å². The van der Waals surface area contributed by atoms with Gasteiger partial charge < -0.3 is 10.6 Å². The number of aromatic nitrogens is 3. The van der Waals surface area contributed by atoms with Gasteiger partial charge in [0.15, 0.2) is 5.65 Å². The topological polar surface area (TPSA) is 54.2 Å². The minimum absolute atomic E-state index is 0.677. The van der Waals surface area contributed by atoms with E-state index in [0.717, 1.165) is 40.3 Å². The first-order valence-electron chi connectivity index (χ1n) is 7.88. The van der Waals surface area contributed by atoms with Crippen LogP contribution in [-0.4, -0.2) is 34.7 Å². The average Bonchev–Trinajstić information content (AvgIpc) is 2.99. The van der Waals surface area contributed by atoms with Crippen molar-refractivity contribution in [2.75, 3.05) is 25.5 Å². The van der Waals surface area contributed by atoms with Crippen LogP contribution in [0.1, 0.15) is 13.8 Å². The van der Waals surface area contributed by atoms with Gasteiger partial charge in [-0.15, -0.1) is 0 Å². The highest BCUT2D eigenvalue weighted by Gasteiger charge is 2.12. The summed E-state index contributed by atoms with van der Waals surface area (Å²) in [7, 11) is 1.92. The summed E-state index contributed by atoms with van der Waals surface area (Å²) < 4.78 is 2.62. The van der Waals surface area contributed by atoms with E-state index in [4.69, 9.17) is 11.6 Å². The summed E-state index contributed by atoms with van der Waals surface area (Å²) in [5.41, 5.74) is 2.46. The van der Waals surface area contributed by atoms with Crippen molar-refractivity contribution in [1.82, 2.24) is 19.9 Å². The zero-order chi connectivity index (χ0) is 17.5. The summed E-state index contributed by atoms with van der Waals surface area (Å²) in [6.07, 6.45) is 1.74. The highest BCUT2D eigenvalue weighted by atomic mass is 79.9. The lowest BCUT2D eigenvalue weighted by atomic mass is 10.1. The monoisotopic (exact) mass is 409 g/mol. The Balaban J connectivity index is 0.00000100. The maximum Gasteiger partial charge on any atom is 0.172 e. The van der Waals surface area contributed by atoms with Crippen molar-refractivity contribution in [2.45, 2.75) is 13.8 Å². The van der Waals surface area contributed by atoms with Crippen LogP contribution in [0.5, 0.6) is 0 Å². The molecule has 0 unspecified atom stereocenters. The molecule has 7 heteroatoms. The Labute approximate surface area is 155 Å². The molecule has 0 saturated carbocycles. The first-order valence-corrected chi connectivity index (χ1v) is 9.05. The fourth-order valence-electron chi connectivity index (χ4n) is 2.18. The molecule has 0 radical (unpaired) electrons. The molecule has 5 nitrogen and oxygen atoms in total. The van der Waals surface area contributed by atoms with E-state index in [9.17, 15) is 0 Å². The fourth-order valence-corrected chi connectivity index (χ4v) is 2.77. The van der Waals surface area contributed by atoms with E-state index in [-0.39, 0.29) is 0 Å². The molecule has 3 rings (SSSR count). The predicted octanol–water partition coefficient (Wildman–Crippen LogP) is 4.47. The Morgan fingerprint density at radius 1 is 1.21 bits per heavy atom. The van der Waals surface area contributed by atoms with E-state index < -0.39 is 0 Å². The molecular weight excluding hydrogens is 390 g/mol. The lowest BCUT2D eigenvalue weighted by molar-refractivity contribution is 0.813. The van der Waals surface area contributed by atoms with E-state index in [2.05, 4.69) is 36.6 Å². The van der Waals surface area contributed by atoms with E-state index >= 15 is 0 Å². The normalized spacial score (nSPS) is 10.4. The zero-order valence-corrected chi connectivity index (χ0v) is 16.3. The molecule has 128 valence electrons. The van der Waals surface area contributed by atoms with Gasteiger partial charge in [0.2, 0.25) is 0 Å². The van der Waals surface area contributed by atoms with Gasteiger partial charge in [-0.3, -0.25) is 0 Å². The van der Waals surface area contributed by atoms with Crippen molar-refractivity contribution in [2.24, 2.45) is 0 Å². The molecule has 0 aliphatic carbocycles. The van der Waals surface area contributed by atoms with Crippen molar-refractivity contribution in [3.8, 4) is 11.3 Å². The number of nitrogens with one attached hydrogen (secondary N) is 2. The van der Waals surface area contributed by atoms with Crippen LogP contribution < -0.4 is 10.6 Å². The molecule has 0 saturated heterocycles. The minimum Gasteiger partial charge on any atom is -0.369 e. The van der Waals surface area contributed by atoms with Crippen molar-refractivity contribution in [1.29, 1.82) is 0 Å². The third-order valence-corrected chi connectivity index (χ3v) is 4.15. The van der Waals surface area contributed by atoms with Gasteiger partial charge in [0.25, 0.3) is 0 Å². The number of benzene rings is 1. The highest BCUT2D eigenvalue weighted by Crippen LogP contribution is 2.30. The Kier molecular flexibility index (Phi) is 7.02. The van der Waals surface area contributed by atoms with Crippen LogP contribution in [0.25, 0.3) is 16.9 Å². The minimum atomic E-state index is 0.677. The highest BCUT2D eigenvalue weighted by molar-refractivity contribution is 9.10. The van der Waals surface area contributed by atoms with Crippen LogP contribution in [0.15, 0.2) is 41.0 Å². The summed E-state index contributed by atoms with van der Waals surface area (Å²) >= 11 is 9.79. The van der Waals surface area contributed by atoms with Crippen LogP contribution in [-0.2, 0) is 0 Å². The molecule has 1 aromatic carbocycles. The molecule has 0 fully saturated rings. The average molecular weight is 411 g/mol. The van der Waals surface area contributed by atoms with Gasteiger partial charge in [-0.05, 0) is 29.0 Å². The third kappa shape index (κ3) is 4.06. The number of halogens is 2. The summed E-state index contributed by atoms with van der Waals surface area (Å²) in [6, 6.07) is 9.65. The van der Waals surface area contributed by atoms with E-state index in [1.165, 1.54) is 0 Å². The first-order chi connectivity index (χ1) is 11.7. The fraction of sp³-hybridized carbons (Fsp3) is 0.294. The Morgan fingerprint density at radius 3 is 2.67 bits per heavy atom. The second-order valence-electron chi connectivity index (χ2n) is 4.76. The number of hydrogen-bond acceptors (Lipinski definition) is 4. The third-order valence-electron chi connectivity index (χ3n) is 3.26. The van der Waals surface area contributed by atoms with Gasteiger partial charge in [-0.25, -0.2) is 4.98 Å². The van der Waals surface area contributed by atoms with Crippen LogP contribution in [0.4, 0.5) is 5.82 Å². The molecule has 24 heavy (non-hydrogen) atoms. The van der Waals surface area contributed by atoms with Gasteiger partial charge in [-0.2, -0.15) is 9.61 Å². The second kappa shape index (κ2) is 9.01. The van der Waals surface area contributed by atoms with E-state index in [1.54, 1.807) is 10.7 Å². The molecule has 0 amide bonds. The standard InChI is InChI=1S/C15H15BrClN5.C2H6/c1-18-6-7-19-14-8-13(10-4-2-3-5-12(10)17)21-15-11(16)9-20-22(14)15;1-2/h2-5,8-9,18-19H,6-7H2,1H3;1-2H3. The number of anilines is 1. The molecule has 0 bridgehead atoms. The second-order valence-corrected chi connectivity index (χ2v) is 6.03. The molecule has 2 N–H and O–H groups in total. The van der Waals surface area contributed by atoms with E-state index in [0.29, 0.717) is 5.02 Å². The largest absolute Gasteiger partial charge is 0.369 e. The summed E-state index contributed by atoms with van der Waals surface area (Å²) in [5.74, 6) is 0.876. The quantitative estimate of drug-likeness (QED) is 0.609. The number of rotatable bonds is 5. The molecule has 2 aromatic heterocycles. The van der Waals surface area contributed by atoms with Crippen LogP contribution in [0.2, 0.25) is 5.02 Å². The Morgan fingerprint density at radius 2 is 1.96 bits per heavy atom. The number of nitrogens with zero attached hydrogens (tertiary/aromatic N) is 3. The van der Waals surface area contributed by atoms with E-state index in [1.807, 2.05) is 51.2 Å². The van der Waals surface area contributed by atoms with Gasteiger partial charge in [0.05, 0.1) is 16.4 Å². The Bertz CT molecular complexity index is 803. The zero-order valence-electron chi connectivity index (χ0n) is 14.0. The van der Waals surface area contributed by atoms with Crippen LogP contribution in [0.3, 0.4) is 0 Å². The number of likely N-dealkylation sites (N-methyl/N-ethyl adjacent to an activating group) is 1. The lowest BCUT2D eigenvalue weighted by Crippen LogP contribution is -2.19. The summed E-state index contributed by atoms with van der Waals surface area (Å²) in [4.78, 5) is 4.67. The number of hydrogen-bond donors (Lipinski definition) is 2. The maximum absolute atomic E-state index is 6.30. The molecule has 0 aliphatic heterocycles. The lowest BCUT2D eigenvalue weighted by Gasteiger charge is -2.11. The van der Waals surface area contributed by atoms with Crippen LogP contribution in [0, 0.1) is 0 Å². The Hall–Kier alpha value is -1.63. The smallest absolute Gasteiger partial charge is 0.172 e. The molecule has 3 aromatic rings. The van der Waals surface area contributed by atoms with Gasteiger partial charge in [0, 0.05) is 29.7 Å². The molecule has 2 heterocycles. The first kappa shape index (κ1) is 18.7. The van der Waals surface area contributed by atoms with Crippen molar-refractivity contribution >= 4 is 39.0 Å². The van der Waals surface area contributed by atoms with Gasteiger partial charge in [0.1, 0.15) is 5.82 Å². The van der Waals surface area contributed by atoms with Gasteiger partial charge in [-0.1, -0.05) is 43.6 Å². The molecule has 0 aliphatic rings. The summed E-state index contributed by atoms with van der Waals surface area (Å²) in [5, 5.41) is 11.5. The SMILES string of the molecule is CC.CNCCNc1cc(-c2ccccc2Cl)nc2c(Br)cnn12. The molecule has 0 atom stereocenters. The maximum atomic E-state index is 6.30. The molecule has 0 spiro atoms. The van der Waals surface area contributed by atoms with Gasteiger partial charge >= 0.3 is 0 Å². The molecular formula is C17H21BrClN5. The van der Waals surface area contributed by atoms with Crippen LogP contribution >= 0.6 is 27.5 Å². The van der Waals surface area contributed by atoms with Crippen molar-refractivity contribution in [3.63, 3.8) is 0 Å². The summed E-state index contributed by atoms with van der Waals surface area (Å²) in [6.45, 7) is 5.64. The number of fused-ring (bicyclic) bond motifs is 1.